The van der Waals surface area contributed by atoms with Gasteiger partial charge in [0, 0.05) is 35.1 Å². The van der Waals surface area contributed by atoms with E-state index < -0.39 is 22.7 Å². The van der Waals surface area contributed by atoms with Crippen molar-refractivity contribution in [1.29, 1.82) is 0 Å². The molecule has 0 radical (unpaired) electrons. The molecule has 8 N–H and O–H groups in total. The molecule has 0 bridgehead atoms. The van der Waals surface area contributed by atoms with Crippen LogP contribution in [0.15, 0.2) is 65.6 Å². The third-order valence-electron chi connectivity index (χ3n) is 8.50. The van der Waals surface area contributed by atoms with Crippen molar-refractivity contribution in [1.82, 2.24) is 10.6 Å². The normalized spacial score (nSPS) is 29.1. The molecular formula is C31H35N5O3S. The first-order valence-electron chi connectivity index (χ1n) is 13.7. The fourth-order valence-electron chi connectivity index (χ4n) is 6.37. The molecule has 1 fully saturated rings. The van der Waals surface area contributed by atoms with Crippen LogP contribution in [0.5, 0.6) is 11.5 Å². The van der Waals surface area contributed by atoms with E-state index >= 15 is 0 Å². The predicted octanol–water partition coefficient (Wildman–Crippen LogP) is 3.30. The van der Waals surface area contributed by atoms with Crippen LogP contribution < -0.4 is 32.6 Å². The lowest BCUT2D eigenvalue weighted by Gasteiger charge is -2.42. The van der Waals surface area contributed by atoms with Gasteiger partial charge in [0.1, 0.15) is 17.0 Å². The molecule has 0 aromatic heterocycles. The van der Waals surface area contributed by atoms with Gasteiger partial charge in [0.25, 0.3) is 0 Å². The third-order valence-corrected chi connectivity index (χ3v) is 9.95. The Morgan fingerprint density at radius 1 is 1.07 bits per heavy atom. The van der Waals surface area contributed by atoms with Gasteiger partial charge < -0.3 is 32.6 Å². The van der Waals surface area contributed by atoms with Crippen LogP contribution in [0, 0.1) is 6.92 Å². The van der Waals surface area contributed by atoms with E-state index in [1.54, 1.807) is 6.07 Å². The van der Waals surface area contributed by atoms with Crippen molar-refractivity contribution in [2.24, 2.45) is 11.5 Å². The Bertz CT molecular complexity index is 1470. The number of thioether (sulfide) groups is 1. The number of nitrogen functional groups attached to an aromatic ring is 1. The SMILES string of the molecule is Cc1cc(Oc2ccccc2)ccc1C1(N)C(=O)C(N)C2c3c1ccc(N)c3SC2C(=O)NC1CC[C@H](C)NC1. The minimum absolute atomic E-state index is 0.0354. The summed E-state index contributed by atoms with van der Waals surface area (Å²) >= 11 is 1.39. The lowest BCUT2D eigenvalue weighted by molar-refractivity contribution is -0.126. The van der Waals surface area contributed by atoms with Gasteiger partial charge >= 0.3 is 0 Å². The number of amides is 1. The number of piperidine rings is 1. The van der Waals surface area contributed by atoms with Crippen LogP contribution in [0.25, 0.3) is 0 Å². The molecule has 6 atom stereocenters. The Balaban J connectivity index is 1.35. The van der Waals surface area contributed by atoms with Gasteiger partial charge in [-0.05, 0) is 79.3 Å². The molecule has 2 heterocycles. The van der Waals surface area contributed by atoms with E-state index in [1.165, 1.54) is 11.8 Å². The van der Waals surface area contributed by atoms with Crippen LogP contribution in [0.3, 0.4) is 0 Å². The number of benzene rings is 3. The molecule has 8 nitrogen and oxygen atoms in total. The number of Topliss-reactive ketones (excluding diaryl/α,β-unsaturated/α-hetero) is 1. The van der Waals surface area contributed by atoms with Crippen LogP contribution in [0.4, 0.5) is 5.69 Å². The van der Waals surface area contributed by atoms with Gasteiger partial charge in [-0.3, -0.25) is 9.59 Å². The number of para-hydroxylation sites is 1. The summed E-state index contributed by atoms with van der Waals surface area (Å²) in [6.07, 6.45) is 1.90. The smallest absolute Gasteiger partial charge is 0.234 e. The molecule has 1 aliphatic carbocycles. The summed E-state index contributed by atoms with van der Waals surface area (Å²) in [5, 5.41) is 6.05. The molecule has 1 amide bonds. The maximum atomic E-state index is 14.1. The number of anilines is 1. The molecule has 9 heteroatoms. The van der Waals surface area contributed by atoms with E-state index in [4.69, 9.17) is 21.9 Å². The average molecular weight is 558 g/mol. The van der Waals surface area contributed by atoms with Gasteiger partial charge in [-0.25, -0.2) is 0 Å². The summed E-state index contributed by atoms with van der Waals surface area (Å²) < 4.78 is 6.00. The summed E-state index contributed by atoms with van der Waals surface area (Å²) in [6, 6.07) is 18.1. The van der Waals surface area contributed by atoms with Crippen LogP contribution in [0.2, 0.25) is 0 Å². The van der Waals surface area contributed by atoms with Crippen molar-refractivity contribution in [3.8, 4) is 11.5 Å². The standard InChI is InChI=1S/C31H35N5O3S/c1-16-14-20(39-19-6-4-3-5-7-19)10-11-21(16)31(34)22-12-13-23(32)27-24(22)25(26(33)29(31)37)28(40-27)30(38)36-18-9-8-17(2)35-15-18/h3-7,10-14,17-18,25-26,28,35H,8-9,15,32-34H2,1-2H3,(H,36,38)/t17-,18?,25?,26?,28?,31?/m0/s1. The van der Waals surface area contributed by atoms with E-state index in [1.807, 2.05) is 61.5 Å². The fourth-order valence-corrected chi connectivity index (χ4v) is 7.83. The zero-order valence-corrected chi connectivity index (χ0v) is 23.5. The molecule has 2 aliphatic heterocycles. The number of nitrogens with one attached hydrogen (secondary N) is 2. The first-order chi connectivity index (χ1) is 19.2. The molecular weight excluding hydrogens is 522 g/mol. The van der Waals surface area contributed by atoms with E-state index in [0.29, 0.717) is 34.4 Å². The number of rotatable bonds is 5. The topological polar surface area (TPSA) is 145 Å². The average Bonchev–Trinajstić information content (AvgIpc) is 3.35. The van der Waals surface area contributed by atoms with Crippen LogP contribution >= 0.6 is 11.8 Å². The Morgan fingerprint density at radius 3 is 2.52 bits per heavy atom. The number of hydrogen-bond donors (Lipinski definition) is 5. The van der Waals surface area contributed by atoms with Gasteiger partial charge in [-0.15, -0.1) is 11.8 Å². The Kier molecular flexibility index (Phi) is 6.86. The first-order valence-corrected chi connectivity index (χ1v) is 14.6. The second kappa shape index (κ2) is 10.2. The van der Waals surface area contributed by atoms with Crippen molar-refractivity contribution >= 4 is 29.1 Å². The number of carbonyl (C=O) groups is 2. The molecule has 40 heavy (non-hydrogen) atoms. The van der Waals surface area contributed by atoms with E-state index in [9.17, 15) is 9.59 Å². The van der Waals surface area contributed by atoms with Crippen molar-refractivity contribution < 1.29 is 14.3 Å². The number of nitrogens with two attached hydrogens (primary N) is 3. The molecule has 0 spiro atoms. The quantitative estimate of drug-likeness (QED) is 0.301. The van der Waals surface area contributed by atoms with Crippen LogP contribution in [-0.2, 0) is 15.1 Å². The second-order valence-electron chi connectivity index (χ2n) is 11.2. The summed E-state index contributed by atoms with van der Waals surface area (Å²) in [7, 11) is 0. The second-order valence-corrected chi connectivity index (χ2v) is 12.3. The van der Waals surface area contributed by atoms with Crippen molar-refractivity contribution in [2.45, 2.75) is 66.4 Å². The fraction of sp³-hybridized carbons (Fsp3) is 0.355. The number of carbonyl (C=O) groups excluding carboxylic acids is 2. The number of aryl methyl sites for hydroxylation is 1. The first kappa shape index (κ1) is 26.8. The number of hydrogen-bond acceptors (Lipinski definition) is 8. The minimum atomic E-state index is -1.49. The van der Waals surface area contributed by atoms with E-state index in [2.05, 4.69) is 17.6 Å². The maximum absolute atomic E-state index is 14.1. The Morgan fingerprint density at radius 2 is 1.82 bits per heavy atom. The minimum Gasteiger partial charge on any atom is -0.457 e. The van der Waals surface area contributed by atoms with Gasteiger partial charge in [0.15, 0.2) is 5.78 Å². The highest BCUT2D eigenvalue weighted by atomic mass is 32.2. The van der Waals surface area contributed by atoms with E-state index in [0.717, 1.165) is 35.4 Å². The molecule has 3 aliphatic rings. The molecule has 3 aromatic carbocycles. The zero-order valence-electron chi connectivity index (χ0n) is 22.6. The largest absolute Gasteiger partial charge is 0.457 e. The van der Waals surface area contributed by atoms with Crippen molar-refractivity contribution in [3.63, 3.8) is 0 Å². The summed E-state index contributed by atoms with van der Waals surface area (Å²) in [5.74, 6) is 0.409. The monoisotopic (exact) mass is 557 g/mol. The lowest BCUT2D eigenvalue weighted by Crippen LogP contribution is -2.61. The molecule has 5 unspecified atom stereocenters. The van der Waals surface area contributed by atoms with E-state index in [-0.39, 0.29) is 17.7 Å². The summed E-state index contributed by atoms with van der Waals surface area (Å²) in [5.41, 5.74) is 22.2. The number of ketones is 1. The lowest BCUT2D eigenvalue weighted by atomic mass is 9.64. The highest BCUT2D eigenvalue weighted by molar-refractivity contribution is 8.01. The Labute approximate surface area is 238 Å². The zero-order chi connectivity index (χ0) is 28.2. The molecule has 6 rings (SSSR count). The summed E-state index contributed by atoms with van der Waals surface area (Å²) in [6.45, 7) is 4.77. The molecule has 208 valence electrons. The predicted molar refractivity (Wildman–Crippen MR) is 158 cm³/mol. The molecule has 0 saturated carbocycles. The highest BCUT2D eigenvalue weighted by Crippen LogP contribution is 2.56. The van der Waals surface area contributed by atoms with Gasteiger partial charge in [-0.1, -0.05) is 30.3 Å². The van der Waals surface area contributed by atoms with Gasteiger partial charge in [0.05, 0.1) is 11.3 Å². The third kappa shape index (κ3) is 4.37. The maximum Gasteiger partial charge on any atom is 0.234 e. The summed E-state index contributed by atoms with van der Waals surface area (Å²) in [4.78, 5) is 28.5. The van der Waals surface area contributed by atoms with Crippen LogP contribution in [-0.4, -0.2) is 41.6 Å². The van der Waals surface area contributed by atoms with Crippen molar-refractivity contribution in [3.05, 3.63) is 82.9 Å². The van der Waals surface area contributed by atoms with Crippen LogP contribution in [0.1, 0.15) is 47.9 Å². The van der Waals surface area contributed by atoms with Gasteiger partial charge in [-0.2, -0.15) is 0 Å². The highest BCUT2D eigenvalue weighted by Gasteiger charge is 2.57. The number of ether oxygens (including phenoxy) is 1. The van der Waals surface area contributed by atoms with Crippen molar-refractivity contribution in [2.75, 3.05) is 12.3 Å². The van der Waals surface area contributed by atoms with Gasteiger partial charge in [0.2, 0.25) is 5.91 Å². The molecule has 1 saturated heterocycles. The molecule has 3 aromatic rings. The Hall–Kier alpha value is -3.37.